The number of nitrogens with two attached hydrogens (primary N) is 1. The average Bonchev–Trinajstić information content (AvgIpc) is 2.88. The molecule has 1 heterocycles. The lowest BCUT2D eigenvalue weighted by atomic mass is 9.95. The van der Waals surface area contributed by atoms with E-state index in [-0.39, 0.29) is 5.91 Å². The maximum Gasteiger partial charge on any atom is 0.240 e. The summed E-state index contributed by atoms with van der Waals surface area (Å²) >= 11 is 0. The molecule has 2 unspecified atom stereocenters. The van der Waals surface area contributed by atoms with Crippen molar-refractivity contribution in [3.05, 3.63) is 11.8 Å². The van der Waals surface area contributed by atoms with E-state index in [1.54, 1.807) is 0 Å². The number of hydrogen-bond acceptors (Lipinski definition) is 3. The van der Waals surface area contributed by atoms with E-state index in [4.69, 9.17) is 5.73 Å². The van der Waals surface area contributed by atoms with Gasteiger partial charge < -0.3 is 10.6 Å². The highest BCUT2D eigenvalue weighted by Gasteiger charge is 2.26. The van der Waals surface area contributed by atoms with Crippen LogP contribution >= 0.6 is 0 Å². The Morgan fingerprint density at radius 1 is 1.58 bits per heavy atom. The van der Waals surface area contributed by atoms with Crippen molar-refractivity contribution in [3.63, 3.8) is 0 Å². The third-order valence-electron chi connectivity index (χ3n) is 4.40. The summed E-state index contributed by atoms with van der Waals surface area (Å²) in [4.78, 5) is 16.7. The number of carbonyl (C=O) groups excluding carboxylic acids is 1. The van der Waals surface area contributed by atoms with Crippen LogP contribution < -0.4 is 5.73 Å². The Bertz CT molecular complexity index is 353. The van der Waals surface area contributed by atoms with Crippen molar-refractivity contribution >= 4 is 5.91 Å². The van der Waals surface area contributed by atoms with Crippen LogP contribution in [0.4, 0.5) is 0 Å². The third-order valence-corrected chi connectivity index (χ3v) is 4.40. The lowest BCUT2D eigenvalue weighted by Gasteiger charge is -2.35. The number of nitrogens with zero attached hydrogens (tertiary/aromatic N) is 2. The highest BCUT2D eigenvalue weighted by atomic mass is 16.2. The third kappa shape index (κ3) is 3.57. The monoisotopic (exact) mass is 265 g/mol. The van der Waals surface area contributed by atoms with Gasteiger partial charge in [-0.3, -0.25) is 9.69 Å². The number of likely N-dealkylation sites (N-methyl/N-ethyl adjacent to an activating group) is 1. The first-order valence-corrected chi connectivity index (χ1v) is 7.59. The zero-order chi connectivity index (χ0) is 13.8. The second-order valence-corrected chi connectivity index (χ2v) is 5.89. The van der Waals surface area contributed by atoms with Crippen LogP contribution in [0, 0.1) is 5.92 Å². The van der Waals surface area contributed by atoms with E-state index in [0.717, 1.165) is 38.9 Å². The number of amides is 1. The predicted molar refractivity (Wildman–Crippen MR) is 77.5 cm³/mol. The molecule has 4 heteroatoms. The maximum atomic E-state index is 12.4. The number of piperidine rings is 1. The number of likely N-dealkylation sites (tertiary alicyclic amines) is 1. The Balaban J connectivity index is 1.89. The Morgan fingerprint density at radius 2 is 2.37 bits per heavy atom. The van der Waals surface area contributed by atoms with Gasteiger partial charge in [0.25, 0.3) is 0 Å². The molecule has 2 N–H and O–H groups in total. The van der Waals surface area contributed by atoms with E-state index in [2.05, 4.69) is 24.8 Å². The van der Waals surface area contributed by atoms with Gasteiger partial charge in [-0.05, 0) is 38.5 Å². The number of allylic oxidation sites excluding steroid dienone is 2. The van der Waals surface area contributed by atoms with Crippen molar-refractivity contribution in [1.82, 2.24) is 9.80 Å². The van der Waals surface area contributed by atoms with Crippen LogP contribution in [0.1, 0.15) is 39.5 Å². The minimum absolute atomic E-state index is 0.248. The van der Waals surface area contributed by atoms with Crippen molar-refractivity contribution in [2.75, 3.05) is 26.2 Å². The minimum atomic E-state index is 0.248. The van der Waals surface area contributed by atoms with Gasteiger partial charge in [0.15, 0.2) is 0 Å². The number of carbonyl (C=O) groups is 1. The summed E-state index contributed by atoms with van der Waals surface area (Å²) in [5.74, 6) is 0.737. The van der Waals surface area contributed by atoms with Gasteiger partial charge in [-0.15, -0.1) is 0 Å². The van der Waals surface area contributed by atoms with Crippen LogP contribution in [-0.2, 0) is 4.79 Å². The van der Waals surface area contributed by atoms with Gasteiger partial charge in [0.2, 0.25) is 5.91 Å². The summed E-state index contributed by atoms with van der Waals surface area (Å²) < 4.78 is 0. The largest absolute Gasteiger partial charge is 0.327 e. The summed E-state index contributed by atoms with van der Waals surface area (Å²) in [5.41, 5.74) is 7.26. The molecule has 1 saturated heterocycles. The Morgan fingerprint density at radius 3 is 2.95 bits per heavy atom. The molecule has 1 fully saturated rings. The lowest BCUT2D eigenvalue weighted by Crippen LogP contribution is -2.49. The molecule has 0 saturated carbocycles. The van der Waals surface area contributed by atoms with Gasteiger partial charge in [-0.2, -0.15) is 0 Å². The van der Waals surface area contributed by atoms with Crippen molar-refractivity contribution in [2.24, 2.45) is 11.7 Å². The average molecular weight is 265 g/mol. The van der Waals surface area contributed by atoms with Gasteiger partial charge in [0, 0.05) is 31.4 Å². The summed E-state index contributed by atoms with van der Waals surface area (Å²) in [6.07, 6.45) is 6.59. The van der Waals surface area contributed by atoms with Gasteiger partial charge in [-0.25, -0.2) is 0 Å². The van der Waals surface area contributed by atoms with E-state index in [1.807, 2.05) is 4.90 Å². The second kappa shape index (κ2) is 6.53. The van der Waals surface area contributed by atoms with Crippen LogP contribution in [0.25, 0.3) is 0 Å². The molecule has 4 nitrogen and oxygen atoms in total. The first-order chi connectivity index (χ1) is 9.11. The fourth-order valence-corrected chi connectivity index (χ4v) is 3.11. The highest BCUT2D eigenvalue weighted by Crippen LogP contribution is 2.22. The van der Waals surface area contributed by atoms with E-state index in [9.17, 15) is 4.79 Å². The highest BCUT2D eigenvalue weighted by molar-refractivity contribution is 5.80. The zero-order valence-corrected chi connectivity index (χ0v) is 12.3. The topological polar surface area (TPSA) is 49.6 Å². The lowest BCUT2D eigenvalue weighted by molar-refractivity contribution is -0.130. The van der Waals surface area contributed by atoms with Gasteiger partial charge >= 0.3 is 0 Å². The normalized spacial score (nSPS) is 28.3. The van der Waals surface area contributed by atoms with Crippen LogP contribution in [0.5, 0.6) is 0 Å². The quantitative estimate of drug-likeness (QED) is 0.839. The minimum Gasteiger partial charge on any atom is -0.327 e. The van der Waals surface area contributed by atoms with E-state index in [0.29, 0.717) is 18.5 Å². The molecule has 2 rings (SSSR count). The maximum absolute atomic E-state index is 12.4. The first-order valence-electron chi connectivity index (χ1n) is 7.59. The molecule has 1 aliphatic heterocycles. The molecule has 108 valence electrons. The molecular formula is C15H27N3O. The molecule has 0 aromatic heterocycles. The Hall–Kier alpha value is -0.870. The molecule has 1 aliphatic carbocycles. The zero-order valence-electron chi connectivity index (χ0n) is 12.3. The fraction of sp³-hybridized carbons (Fsp3) is 0.800. The van der Waals surface area contributed by atoms with Crippen molar-refractivity contribution < 1.29 is 4.79 Å². The first kappa shape index (κ1) is 14.5. The standard InChI is InChI=1S/C15H27N3O/c1-3-18(13-6-4-5-7-13)15(19)11-17-9-8-14(16)12(2)10-17/h6,12,14H,3-5,7-11,16H2,1-2H3. The van der Waals surface area contributed by atoms with E-state index in [1.165, 1.54) is 12.1 Å². The van der Waals surface area contributed by atoms with E-state index >= 15 is 0 Å². The fourth-order valence-electron chi connectivity index (χ4n) is 3.11. The van der Waals surface area contributed by atoms with Crippen molar-refractivity contribution in [1.29, 1.82) is 0 Å². The molecule has 0 aromatic rings. The molecule has 0 spiro atoms. The second-order valence-electron chi connectivity index (χ2n) is 5.89. The van der Waals surface area contributed by atoms with Gasteiger partial charge in [0.05, 0.1) is 6.54 Å². The number of rotatable bonds is 4. The molecule has 0 bridgehead atoms. The predicted octanol–water partition coefficient (Wildman–Crippen LogP) is 1.57. The Kier molecular flexibility index (Phi) is 4.99. The van der Waals surface area contributed by atoms with Crippen LogP contribution in [0.3, 0.4) is 0 Å². The van der Waals surface area contributed by atoms with Crippen LogP contribution in [0.15, 0.2) is 11.8 Å². The molecule has 1 amide bonds. The smallest absolute Gasteiger partial charge is 0.240 e. The number of hydrogen-bond donors (Lipinski definition) is 1. The molecule has 2 aliphatic rings. The van der Waals surface area contributed by atoms with Crippen LogP contribution in [0.2, 0.25) is 0 Å². The van der Waals surface area contributed by atoms with Crippen molar-refractivity contribution in [2.45, 2.75) is 45.6 Å². The van der Waals surface area contributed by atoms with Crippen LogP contribution in [-0.4, -0.2) is 47.9 Å². The summed E-state index contributed by atoms with van der Waals surface area (Å²) in [7, 11) is 0. The molecule has 0 radical (unpaired) electrons. The SMILES string of the molecule is CCN(C(=O)CN1CCC(N)C(C)C1)C1=CCCC1. The Labute approximate surface area is 116 Å². The molecule has 0 aromatic carbocycles. The van der Waals surface area contributed by atoms with E-state index < -0.39 is 0 Å². The summed E-state index contributed by atoms with van der Waals surface area (Å²) in [6, 6.07) is 0.297. The molecule has 2 atom stereocenters. The van der Waals surface area contributed by atoms with Gasteiger partial charge in [-0.1, -0.05) is 13.0 Å². The summed E-state index contributed by atoms with van der Waals surface area (Å²) in [5, 5.41) is 0. The van der Waals surface area contributed by atoms with Crippen molar-refractivity contribution in [3.8, 4) is 0 Å². The molecular weight excluding hydrogens is 238 g/mol. The molecule has 19 heavy (non-hydrogen) atoms. The summed E-state index contributed by atoms with van der Waals surface area (Å²) in [6.45, 7) is 7.47. The van der Waals surface area contributed by atoms with Gasteiger partial charge in [0.1, 0.15) is 0 Å².